The summed E-state index contributed by atoms with van der Waals surface area (Å²) in [6.45, 7) is 4.94. The first-order valence-corrected chi connectivity index (χ1v) is 11.2. The Morgan fingerprint density at radius 3 is 2.38 bits per heavy atom. The van der Waals surface area contributed by atoms with Crippen molar-refractivity contribution >= 4 is 15.9 Å². The van der Waals surface area contributed by atoms with E-state index in [1.165, 1.54) is 4.31 Å². The number of sulfonamides is 1. The standard InChI is InChI=1S/C20H26N4O4S/c1-15-18(16(2)22-20(26)21-15)8-9-19(25)23-10-12-24(13-11-23)29(27,28)14-17-6-4-3-5-7-17/h3-7H,8-14H2,1-2H3,(H,21,22,26). The molecule has 156 valence electrons. The average Bonchev–Trinajstić information content (AvgIpc) is 2.67. The van der Waals surface area contributed by atoms with Crippen LogP contribution in [0.2, 0.25) is 0 Å². The highest BCUT2D eigenvalue weighted by Crippen LogP contribution is 2.15. The smallest absolute Gasteiger partial charge is 0.340 e. The molecule has 0 aliphatic carbocycles. The Kier molecular flexibility index (Phi) is 6.49. The molecule has 29 heavy (non-hydrogen) atoms. The molecule has 0 saturated carbocycles. The molecular weight excluding hydrogens is 392 g/mol. The Balaban J connectivity index is 1.54. The van der Waals surface area contributed by atoms with Crippen molar-refractivity contribution in [2.45, 2.75) is 32.4 Å². The number of aromatic amines is 1. The molecule has 1 aromatic heterocycles. The van der Waals surface area contributed by atoms with Crippen LogP contribution in [0.1, 0.15) is 28.9 Å². The number of piperazine rings is 1. The first-order chi connectivity index (χ1) is 13.8. The van der Waals surface area contributed by atoms with Crippen LogP contribution in [0.5, 0.6) is 0 Å². The van der Waals surface area contributed by atoms with E-state index in [2.05, 4.69) is 9.97 Å². The normalized spacial score (nSPS) is 15.4. The number of rotatable bonds is 6. The van der Waals surface area contributed by atoms with E-state index in [0.29, 0.717) is 44.7 Å². The van der Waals surface area contributed by atoms with Crippen LogP contribution in [0.15, 0.2) is 35.1 Å². The third kappa shape index (κ3) is 5.30. The van der Waals surface area contributed by atoms with Crippen molar-refractivity contribution in [3.8, 4) is 0 Å². The third-order valence-corrected chi connectivity index (χ3v) is 7.07. The summed E-state index contributed by atoms with van der Waals surface area (Å²) in [7, 11) is -3.40. The number of aromatic nitrogens is 2. The number of hydrogen-bond acceptors (Lipinski definition) is 5. The summed E-state index contributed by atoms with van der Waals surface area (Å²) in [6.07, 6.45) is 0.791. The summed E-state index contributed by atoms with van der Waals surface area (Å²) in [5.41, 5.74) is 2.61. The van der Waals surface area contributed by atoms with Crippen LogP contribution in [0.4, 0.5) is 0 Å². The number of carbonyl (C=O) groups is 1. The SMILES string of the molecule is Cc1nc(=O)[nH]c(C)c1CCC(=O)N1CCN(S(=O)(=O)Cc2ccccc2)CC1. The van der Waals surface area contributed by atoms with Gasteiger partial charge in [0.2, 0.25) is 15.9 Å². The Bertz CT molecular complexity index is 1000. The number of aryl methyl sites for hydroxylation is 2. The van der Waals surface area contributed by atoms with E-state index in [1.807, 2.05) is 18.2 Å². The molecule has 1 aliphatic heterocycles. The van der Waals surface area contributed by atoms with E-state index < -0.39 is 10.0 Å². The summed E-state index contributed by atoms with van der Waals surface area (Å²) >= 11 is 0. The average molecular weight is 419 g/mol. The Hall–Kier alpha value is -2.52. The second-order valence-corrected chi connectivity index (χ2v) is 9.22. The van der Waals surface area contributed by atoms with Crippen LogP contribution in [0, 0.1) is 13.8 Å². The number of benzene rings is 1. The lowest BCUT2D eigenvalue weighted by Crippen LogP contribution is -2.50. The van der Waals surface area contributed by atoms with E-state index in [-0.39, 0.29) is 17.3 Å². The largest absolute Gasteiger partial charge is 0.345 e. The minimum absolute atomic E-state index is 0.0184. The summed E-state index contributed by atoms with van der Waals surface area (Å²) < 4.78 is 26.7. The van der Waals surface area contributed by atoms with E-state index in [4.69, 9.17) is 0 Å². The van der Waals surface area contributed by atoms with Gasteiger partial charge in [0.05, 0.1) is 5.75 Å². The van der Waals surface area contributed by atoms with Crippen molar-refractivity contribution in [3.05, 3.63) is 63.3 Å². The van der Waals surface area contributed by atoms with Crippen molar-refractivity contribution in [2.24, 2.45) is 0 Å². The van der Waals surface area contributed by atoms with Crippen LogP contribution < -0.4 is 5.69 Å². The number of nitrogens with one attached hydrogen (secondary N) is 1. The van der Waals surface area contributed by atoms with Crippen LogP contribution in [0.25, 0.3) is 0 Å². The predicted octanol–water partition coefficient (Wildman–Crippen LogP) is 0.994. The molecule has 1 aliphatic rings. The van der Waals surface area contributed by atoms with Crippen LogP contribution in [-0.2, 0) is 27.0 Å². The van der Waals surface area contributed by atoms with Gasteiger partial charge in [-0.2, -0.15) is 9.29 Å². The summed E-state index contributed by atoms with van der Waals surface area (Å²) in [5.74, 6) is -0.0466. The zero-order valence-corrected chi connectivity index (χ0v) is 17.5. The van der Waals surface area contributed by atoms with Crippen LogP contribution in [-0.4, -0.2) is 59.7 Å². The minimum Gasteiger partial charge on any atom is -0.340 e. The Morgan fingerprint density at radius 2 is 1.76 bits per heavy atom. The maximum absolute atomic E-state index is 12.6. The first-order valence-electron chi connectivity index (χ1n) is 9.62. The zero-order valence-electron chi connectivity index (χ0n) is 16.7. The topological polar surface area (TPSA) is 103 Å². The Labute approximate surface area is 170 Å². The molecule has 0 radical (unpaired) electrons. The van der Waals surface area contributed by atoms with E-state index >= 15 is 0 Å². The van der Waals surface area contributed by atoms with Gasteiger partial charge >= 0.3 is 5.69 Å². The number of amides is 1. The molecular formula is C20H26N4O4S. The number of hydrogen-bond donors (Lipinski definition) is 1. The van der Waals surface area contributed by atoms with Gasteiger partial charge in [-0.25, -0.2) is 13.2 Å². The molecule has 3 rings (SSSR count). The second-order valence-electron chi connectivity index (χ2n) is 7.25. The van der Waals surface area contributed by atoms with Crippen LogP contribution >= 0.6 is 0 Å². The maximum Gasteiger partial charge on any atom is 0.345 e. The lowest BCUT2D eigenvalue weighted by Gasteiger charge is -2.34. The van der Waals surface area contributed by atoms with Gasteiger partial charge in [0.15, 0.2) is 0 Å². The quantitative estimate of drug-likeness (QED) is 0.754. The molecule has 1 amide bonds. The molecule has 2 heterocycles. The molecule has 1 aromatic carbocycles. The molecule has 8 nitrogen and oxygen atoms in total. The van der Waals surface area contributed by atoms with Crippen molar-refractivity contribution < 1.29 is 13.2 Å². The first kappa shape index (κ1) is 21.2. The van der Waals surface area contributed by atoms with Gasteiger partial charge < -0.3 is 9.88 Å². The van der Waals surface area contributed by atoms with E-state index in [9.17, 15) is 18.0 Å². The van der Waals surface area contributed by atoms with Crippen molar-refractivity contribution in [1.29, 1.82) is 0 Å². The molecule has 1 N–H and O–H groups in total. The van der Waals surface area contributed by atoms with Crippen molar-refractivity contribution in [3.63, 3.8) is 0 Å². The fraction of sp³-hybridized carbons (Fsp3) is 0.450. The molecule has 0 atom stereocenters. The van der Waals surface area contributed by atoms with E-state index in [0.717, 1.165) is 16.8 Å². The van der Waals surface area contributed by atoms with Gasteiger partial charge in [-0.3, -0.25) is 4.79 Å². The van der Waals surface area contributed by atoms with Crippen molar-refractivity contribution in [2.75, 3.05) is 26.2 Å². The van der Waals surface area contributed by atoms with Gasteiger partial charge in [-0.15, -0.1) is 0 Å². The second kappa shape index (κ2) is 8.87. The number of carbonyl (C=O) groups excluding carboxylic acids is 1. The molecule has 0 spiro atoms. The molecule has 1 fully saturated rings. The summed E-state index contributed by atoms with van der Waals surface area (Å²) in [5, 5.41) is 0. The summed E-state index contributed by atoms with van der Waals surface area (Å²) in [6, 6.07) is 9.10. The number of nitrogens with zero attached hydrogens (tertiary/aromatic N) is 3. The molecule has 9 heteroatoms. The highest BCUT2D eigenvalue weighted by Gasteiger charge is 2.28. The minimum atomic E-state index is -3.40. The fourth-order valence-corrected chi connectivity index (χ4v) is 5.12. The summed E-state index contributed by atoms with van der Waals surface area (Å²) in [4.78, 5) is 32.2. The van der Waals surface area contributed by atoms with Crippen molar-refractivity contribution in [1.82, 2.24) is 19.2 Å². The lowest BCUT2D eigenvalue weighted by molar-refractivity contribution is -0.132. The van der Waals surface area contributed by atoms with Gasteiger partial charge in [0.1, 0.15) is 0 Å². The molecule has 0 bridgehead atoms. The predicted molar refractivity (Wildman–Crippen MR) is 110 cm³/mol. The molecule has 2 aromatic rings. The number of H-pyrrole nitrogens is 1. The lowest BCUT2D eigenvalue weighted by atomic mass is 10.1. The van der Waals surface area contributed by atoms with Gasteiger partial charge in [-0.05, 0) is 31.4 Å². The zero-order chi connectivity index (χ0) is 21.0. The van der Waals surface area contributed by atoms with E-state index in [1.54, 1.807) is 30.9 Å². The third-order valence-electron chi connectivity index (χ3n) is 5.22. The van der Waals surface area contributed by atoms with Gasteiger partial charge in [-0.1, -0.05) is 30.3 Å². The van der Waals surface area contributed by atoms with Crippen LogP contribution in [0.3, 0.4) is 0 Å². The molecule has 1 saturated heterocycles. The monoisotopic (exact) mass is 418 g/mol. The highest BCUT2D eigenvalue weighted by atomic mass is 32.2. The fourth-order valence-electron chi connectivity index (χ4n) is 3.61. The Morgan fingerprint density at radius 1 is 1.10 bits per heavy atom. The van der Waals surface area contributed by atoms with Gasteiger partial charge in [0, 0.05) is 44.0 Å². The maximum atomic E-state index is 12.6. The highest BCUT2D eigenvalue weighted by molar-refractivity contribution is 7.88. The molecule has 0 unspecified atom stereocenters. The van der Waals surface area contributed by atoms with Gasteiger partial charge in [0.25, 0.3) is 0 Å².